The Morgan fingerprint density at radius 1 is 1.11 bits per heavy atom. The van der Waals surface area contributed by atoms with Crippen molar-refractivity contribution in [3.63, 3.8) is 0 Å². The molecule has 0 heterocycles. The maximum absolute atomic E-state index is 13.7. The van der Waals surface area contributed by atoms with Crippen LogP contribution in [0.4, 0.5) is 5.69 Å². The van der Waals surface area contributed by atoms with Gasteiger partial charge in [-0.3, -0.25) is 13.9 Å². The Hall–Kier alpha value is -2.59. The second kappa shape index (κ2) is 11.9. The van der Waals surface area contributed by atoms with Gasteiger partial charge in [0, 0.05) is 16.6 Å². The predicted molar refractivity (Wildman–Crippen MR) is 142 cm³/mol. The summed E-state index contributed by atoms with van der Waals surface area (Å²) in [4.78, 5) is 28.3. The topological polar surface area (TPSA) is 96.0 Å². The molecule has 0 spiro atoms. The summed E-state index contributed by atoms with van der Waals surface area (Å²) in [6, 6.07) is 13.1. The fraction of sp³-hybridized carbons (Fsp3) is 0.440. The van der Waals surface area contributed by atoms with Gasteiger partial charge in [-0.1, -0.05) is 41.1 Å². The highest BCUT2D eigenvalue weighted by Gasteiger charge is 2.33. The Balaban J connectivity index is 2.45. The van der Waals surface area contributed by atoms with Crippen LogP contribution in [0.3, 0.4) is 0 Å². The number of carbonyl (C=O) groups is 2. The molecule has 8 nitrogen and oxygen atoms in total. The van der Waals surface area contributed by atoms with Crippen LogP contribution in [0, 0.1) is 0 Å². The van der Waals surface area contributed by atoms with Gasteiger partial charge in [0.25, 0.3) is 0 Å². The van der Waals surface area contributed by atoms with Gasteiger partial charge in [-0.2, -0.15) is 0 Å². The normalized spacial score (nSPS) is 12.5. The van der Waals surface area contributed by atoms with Crippen LogP contribution in [0.25, 0.3) is 0 Å². The predicted octanol–water partition coefficient (Wildman–Crippen LogP) is 3.95. The quantitative estimate of drug-likeness (QED) is 0.469. The van der Waals surface area contributed by atoms with Gasteiger partial charge in [0.05, 0.1) is 19.1 Å². The van der Waals surface area contributed by atoms with Crippen molar-refractivity contribution in [1.82, 2.24) is 10.2 Å². The van der Waals surface area contributed by atoms with Crippen molar-refractivity contribution in [3.05, 3.63) is 58.6 Å². The number of amides is 2. The molecule has 2 rings (SSSR count). The molecule has 1 N–H and O–H groups in total. The van der Waals surface area contributed by atoms with Crippen molar-refractivity contribution in [2.75, 3.05) is 24.2 Å². The average Bonchev–Trinajstić information content (AvgIpc) is 2.75. The molecule has 0 aliphatic rings. The Kier molecular flexibility index (Phi) is 9.74. The van der Waals surface area contributed by atoms with E-state index in [1.807, 2.05) is 39.8 Å². The second-order valence-electron chi connectivity index (χ2n) is 9.28. The molecular weight excluding hydrogens is 534 g/mol. The molecule has 35 heavy (non-hydrogen) atoms. The van der Waals surface area contributed by atoms with Crippen LogP contribution >= 0.6 is 15.9 Å². The lowest BCUT2D eigenvalue weighted by molar-refractivity contribution is -0.141. The first-order valence-electron chi connectivity index (χ1n) is 11.2. The molecule has 0 aliphatic heterocycles. The lowest BCUT2D eigenvalue weighted by Gasteiger charge is -2.34. The number of rotatable bonds is 10. The van der Waals surface area contributed by atoms with Gasteiger partial charge in [0.1, 0.15) is 18.3 Å². The van der Waals surface area contributed by atoms with E-state index in [1.54, 1.807) is 43.5 Å². The molecule has 1 unspecified atom stereocenters. The van der Waals surface area contributed by atoms with Gasteiger partial charge in [-0.25, -0.2) is 8.42 Å². The third-order valence-electron chi connectivity index (χ3n) is 5.17. The first-order valence-corrected chi connectivity index (χ1v) is 13.9. The fourth-order valence-corrected chi connectivity index (χ4v) is 4.77. The van der Waals surface area contributed by atoms with Crippen LogP contribution in [-0.4, -0.2) is 56.6 Å². The van der Waals surface area contributed by atoms with Crippen LogP contribution in [0.2, 0.25) is 0 Å². The highest BCUT2D eigenvalue weighted by Crippen LogP contribution is 2.23. The number of nitrogens with zero attached hydrogens (tertiary/aromatic N) is 2. The van der Waals surface area contributed by atoms with E-state index in [-0.39, 0.29) is 12.5 Å². The zero-order valence-electron chi connectivity index (χ0n) is 21.0. The monoisotopic (exact) mass is 567 g/mol. The van der Waals surface area contributed by atoms with Crippen molar-refractivity contribution in [3.8, 4) is 5.75 Å². The fourth-order valence-electron chi connectivity index (χ4n) is 3.54. The summed E-state index contributed by atoms with van der Waals surface area (Å²) >= 11 is 3.35. The van der Waals surface area contributed by atoms with Gasteiger partial charge in [0.15, 0.2) is 0 Å². The molecule has 0 aliphatic carbocycles. The first kappa shape index (κ1) is 28.6. The van der Waals surface area contributed by atoms with Crippen LogP contribution in [0.5, 0.6) is 5.75 Å². The van der Waals surface area contributed by atoms with Crippen molar-refractivity contribution < 1.29 is 22.7 Å². The summed E-state index contributed by atoms with van der Waals surface area (Å²) in [6.07, 6.45) is 1.41. The zero-order valence-corrected chi connectivity index (χ0v) is 23.4. The van der Waals surface area contributed by atoms with E-state index in [0.717, 1.165) is 16.1 Å². The van der Waals surface area contributed by atoms with Gasteiger partial charge >= 0.3 is 0 Å². The summed E-state index contributed by atoms with van der Waals surface area (Å²) in [5.41, 5.74) is 0.648. The highest BCUT2D eigenvalue weighted by atomic mass is 79.9. The lowest BCUT2D eigenvalue weighted by atomic mass is 10.1. The minimum Gasteiger partial charge on any atom is -0.497 e. The molecule has 0 fully saturated rings. The largest absolute Gasteiger partial charge is 0.497 e. The number of sulfonamides is 1. The lowest BCUT2D eigenvalue weighted by Crippen LogP contribution is -2.55. The van der Waals surface area contributed by atoms with E-state index in [0.29, 0.717) is 22.3 Å². The SMILES string of the molecule is CCC(C(=O)NC(C)(C)C)N(Cc1ccc(OC)cc1)C(=O)CN(c1cccc(Br)c1)S(C)(=O)=O. The Morgan fingerprint density at radius 2 is 1.74 bits per heavy atom. The molecule has 2 amide bonds. The molecule has 10 heteroatoms. The van der Waals surface area contributed by atoms with Gasteiger partial charge < -0.3 is 15.0 Å². The number of carbonyl (C=O) groups excluding carboxylic acids is 2. The number of halogens is 1. The van der Waals surface area contributed by atoms with E-state index < -0.39 is 34.1 Å². The third-order valence-corrected chi connectivity index (χ3v) is 6.81. The summed E-state index contributed by atoms with van der Waals surface area (Å²) in [6.45, 7) is 7.12. The van der Waals surface area contributed by atoms with Gasteiger partial charge in [0.2, 0.25) is 21.8 Å². The Labute approximate surface area is 216 Å². The number of nitrogens with one attached hydrogen (secondary N) is 1. The number of methoxy groups -OCH3 is 1. The number of hydrogen-bond acceptors (Lipinski definition) is 5. The maximum Gasteiger partial charge on any atom is 0.244 e. The highest BCUT2D eigenvalue weighted by molar-refractivity contribution is 9.10. The second-order valence-corrected chi connectivity index (χ2v) is 12.1. The molecule has 0 saturated carbocycles. The molecule has 0 radical (unpaired) electrons. The molecule has 0 saturated heterocycles. The van der Waals surface area contributed by atoms with Crippen molar-refractivity contribution in [2.45, 2.75) is 52.2 Å². The zero-order chi connectivity index (χ0) is 26.4. The molecule has 192 valence electrons. The molecule has 0 aromatic heterocycles. The summed E-state index contributed by atoms with van der Waals surface area (Å²) in [5, 5.41) is 2.94. The minimum absolute atomic E-state index is 0.134. The number of anilines is 1. The maximum atomic E-state index is 13.7. The van der Waals surface area contributed by atoms with E-state index in [4.69, 9.17) is 4.74 Å². The van der Waals surface area contributed by atoms with Crippen molar-refractivity contribution in [2.24, 2.45) is 0 Å². The van der Waals surface area contributed by atoms with Crippen LogP contribution < -0.4 is 14.4 Å². The molecular formula is C25H34BrN3O5S. The summed E-state index contributed by atoms with van der Waals surface area (Å²) in [7, 11) is -2.21. The van der Waals surface area contributed by atoms with E-state index in [9.17, 15) is 18.0 Å². The smallest absolute Gasteiger partial charge is 0.244 e. The molecule has 0 bridgehead atoms. The summed E-state index contributed by atoms with van der Waals surface area (Å²) < 4.78 is 32.2. The molecule has 2 aromatic rings. The molecule has 2 aromatic carbocycles. The van der Waals surface area contributed by atoms with Crippen molar-refractivity contribution in [1.29, 1.82) is 0 Å². The minimum atomic E-state index is -3.78. The third kappa shape index (κ3) is 8.54. The van der Waals surface area contributed by atoms with Gasteiger partial charge in [-0.05, 0) is 63.1 Å². The Morgan fingerprint density at radius 3 is 2.23 bits per heavy atom. The number of ether oxygens (including phenoxy) is 1. The molecule has 1 atom stereocenters. The first-order chi connectivity index (χ1) is 16.2. The van der Waals surface area contributed by atoms with Crippen LogP contribution in [0.15, 0.2) is 53.0 Å². The average molecular weight is 569 g/mol. The standard InChI is InChI=1S/C25H34BrN3O5S/c1-7-22(24(31)27-25(2,3)4)28(16-18-11-13-21(34-5)14-12-18)23(30)17-29(35(6,32)33)20-10-8-9-19(26)15-20/h8-15,22H,7,16-17H2,1-6H3,(H,27,31). The number of hydrogen-bond donors (Lipinski definition) is 1. The van der Waals surface area contributed by atoms with Gasteiger partial charge in [-0.15, -0.1) is 0 Å². The summed E-state index contributed by atoms with van der Waals surface area (Å²) in [5.74, 6) is -0.112. The van der Waals surface area contributed by atoms with E-state index in [1.165, 1.54) is 4.90 Å². The number of benzene rings is 2. The van der Waals surface area contributed by atoms with E-state index in [2.05, 4.69) is 21.2 Å². The van der Waals surface area contributed by atoms with E-state index >= 15 is 0 Å². The van der Waals surface area contributed by atoms with Crippen LogP contribution in [-0.2, 0) is 26.2 Å². The van der Waals surface area contributed by atoms with Crippen molar-refractivity contribution >= 4 is 43.5 Å². The Bertz CT molecular complexity index is 1130. The van der Waals surface area contributed by atoms with Crippen LogP contribution in [0.1, 0.15) is 39.7 Å².